The summed E-state index contributed by atoms with van der Waals surface area (Å²) >= 11 is 0. The highest BCUT2D eigenvalue weighted by Gasteiger charge is 2.29. The Bertz CT molecular complexity index is 512. The van der Waals surface area contributed by atoms with Crippen molar-refractivity contribution in [3.05, 3.63) is 0 Å². The molecule has 1 saturated heterocycles. The second kappa shape index (κ2) is 10.9. The zero-order chi connectivity index (χ0) is 20.6. The lowest BCUT2D eigenvalue weighted by atomic mass is 9.98. The number of nitrogens with one attached hydrogen (secondary N) is 2. The summed E-state index contributed by atoms with van der Waals surface area (Å²) in [6.45, 7) is 11.0. The summed E-state index contributed by atoms with van der Waals surface area (Å²) in [4.78, 5) is 18.6. The average molecular weight is 397 g/mol. The predicted molar refractivity (Wildman–Crippen MR) is 113 cm³/mol. The lowest BCUT2D eigenvalue weighted by Crippen LogP contribution is -2.44. The van der Waals surface area contributed by atoms with Gasteiger partial charge in [0.15, 0.2) is 5.96 Å². The lowest BCUT2D eigenvalue weighted by molar-refractivity contribution is 0.0169. The van der Waals surface area contributed by atoms with Gasteiger partial charge in [0, 0.05) is 33.3 Å². The molecule has 1 amide bonds. The summed E-state index contributed by atoms with van der Waals surface area (Å²) in [5, 5.41) is 6.45. The normalized spacial score (nSPS) is 22.4. The summed E-state index contributed by atoms with van der Waals surface area (Å²) in [6, 6.07) is 0.0862. The largest absolute Gasteiger partial charge is 0.444 e. The van der Waals surface area contributed by atoms with Gasteiger partial charge >= 0.3 is 6.09 Å². The van der Waals surface area contributed by atoms with E-state index in [9.17, 15) is 4.79 Å². The van der Waals surface area contributed by atoms with E-state index in [0.29, 0.717) is 12.0 Å². The molecular formula is C21H40N4O3. The van der Waals surface area contributed by atoms with Gasteiger partial charge in [-0.1, -0.05) is 12.8 Å². The monoisotopic (exact) mass is 396 g/mol. The summed E-state index contributed by atoms with van der Waals surface area (Å²) in [6.07, 6.45) is 7.16. The van der Waals surface area contributed by atoms with Crippen LogP contribution in [0, 0.1) is 5.92 Å². The summed E-state index contributed by atoms with van der Waals surface area (Å²) in [7, 11) is 1.81. The van der Waals surface area contributed by atoms with Crippen LogP contribution in [-0.4, -0.2) is 68.0 Å². The Balaban J connectivity index is 1.75. The van der Waals surface area contributed by atoms with Crippen LogP contribution in [0.5, 0.6) is 0 Å². The second-order valence-electron chi connectivity index (χ2n) is 8.88. The van der Waals surface area contributed by atoms with Crippen molar-refractivity contribution >= 4 is 12.1 Å². The molecule has 7 heteroatoms. The first-order valence-electron chi connectivity index (χ1n) is 10.9. The number of nitrogens with zero attached hydrogens (tertiary/aromatic N) is 2. The van der Waals surface area contributed by atoms with Crippen molar-refractivity contribution in [2.24, 2.45) is 10.9 Å². The first kappa shape index (κ1) is 22.8. The third-order valence-electron chi connectivity index (χ3n) is 5.44. The highest BCUT2D eigenvalue weighted by atomic mass is 16.6. The van der Waals surface area contributed by atoms with Crippen molar-refractivity contribution < 1.29 is 14.3 Å². The SMILES string of the molecule is CCOC(CCNC(=NC)N1CC[C@@H](NC(=O)OC(C)(C)C)C1)C1CCCC1. The molecule has 7 nitrogen and oxygen atoms in total. The van der Waals surface area contributed by atoms with E-state index >= 15 is 0 Å². The molecule has 1 aliphatic carbocycles. The van der Waals surface area contributed by atoms with E-state index in [1.807, 2.05) is 27.8 Å². The Morgan fingerprint density at radius 2 is 1.96 bits per heavy atom. The van der Waals surface area contributed by atoms with Crippen LogP contribution in [0.4, 0.5) is 4.79 Å². The molecule has 0 aromatic rings. The highest BCUT2D eigenvalue weighted by Crippen LogP contribution is 2.30. The average Bonchev–Trinajstić information content (AvgIpc) is 3.28. The minimum Gasteiger partial charge on any atom is -0.444 e. The van der Waals surface area contributed by atoms with E-state index in [-0.39, 0.29) is 12.1 Å². The van der Waals surface area contributed by atoms with Crippen LogP contribution in [0.2, 0.25) is 0 Å². The minimum absolute atomic E-state index is 0.0862. The number of ether oxygens (including phenoxy) is 2. The zero-order valence-electron chi connectivity index (χ0n) is 18.4. The van der Waals surface area contributed by atoms with Crippen LogP contribution in [0.15, 0.2) is 4.99 Å². The quantitative estimate of drug-likeness (QED) is 0.511. The molecule has 1 saturated carbocycles. The van der Waals surface area contributed by atoms with E-state index in [4.69, 9.17) is 9.47 Å². The highest BCUT2D eigenvalue weighted by molar-refractivity contribution is 5.80. The molecular weight excluding hydrogens is 356 g/mol. The van der Waals surface area contributed by atoms with Gasteiger partial charge in [0.25, 0.3) is 0 Å². The molecule has 1 aliphatic heterocycles. The first-order valence-corrected chi connectivity index (χ1v) is 10.9. The van der Waals surface area contributed by atoms with Crippen molar-refractivity contribution in [2.75, 3.05) is 33.3 Å². The van der Waals surface area contributed by atoms with Crippen LogP contribution in [0.3, 0.4) is 0 Å². The van der Waals surface area contributed by atoms with Gasteiger partial charge in [-0.3, -0.25) is 4.99 Å². The molecule has 2 fully saturated rings. The van der Waals surface area contributed by atoms with Gasteiger partial charge in [0.05, 0.1) is 12.1 Å². The van der Waals surface area contributed by atoms with Crippen LogP contribution in [0.25, 0.3) is 0 Å². The maximum atomic E-state index is 12.0. The van der Waals surface area contributed by atoms with Gasteiger partial charge in [0.1, 0.15) is 5.60 Å². The van der Waals surface area contributed by atoms with Crippen molar-refractivity contribution in [2.45, 2.75) is 84.0 Å². The summed E-state index contributed by atoms with van der Waals surface area (Å²) < 4.78 is 11.4. The number of hydrogen-bond acceptors (Lipinski definition) is 4. The molecule has 0 aromatic heterocycles. The third kappa shape index (κ3) is 7.49. The van der Waals surface area contributed by atoms with Gasteiger partial charge in [0.2, 0.25) is 0 Å². The Hall–Kier alpha value is -1.50. The molecule has 0 aromatic carbocycles. The maximum absolute atomic E-state index is 12.0. The van der Waals surface area contributed by atoms with Crippen LogP contribution in [0.1, 0.15) is 66.2 Å². The Morgan fingerprint density at radius 1 is 1.25 bits per heavy atom. The standard InChI is InChI=1S/C21H40N4O3/c1-6-27-18(16-9-7-8-10-16)11-13-23-19(22-5)25-14-12-17(15-25)24-20(26)28-21(2,3)4/h16-18H,6-15H2,1-5H3,(H,22,23)(H,24,26)/t17-,18?/m1/s1. The number of carbonyl (C=O) groups is 1. The first-order chi connectivity index (χ1) is 13.3. The third-order valence-corrected chi connectivity index (χ3v) is 5.44. The Morgan fingerprint density at radius 3 is 2.57 bits per heavy atom. The maximum Gasteiger partial charge on any atom is 0.407 e. The van der Waals surface area contributed by atoms with E-state index in [1.165, 1.54) is 25.7 Å². The molecule has 0 bridgehead atoms. The van der Waals surface area contributed by atoms with E-state index in [0.717, 1.165) is 45.0 Å². The van der Waals surface area contributed by atoms with Gasteiger partial charge in [-0.15, -0.1) is 0 Å². The molecule has 2 rings (SSSR count). The molecule has 2 atom stereocenters. The Labute approximate surface area is 170 Å². The molecule has 28 heavy (non-hydrogen) atoms. The van der Waals surface area contributed by atoms with Crippen LogP contribution < -0.4 is 10.6 Å². The number of hydrogen-bond donors (Lipinski definition) is 2. The molecule has 2 aliphatic rings. The molecule has 2 N–H and O–H groups in total. The predicted octanol–water partition coefficient (Wildman–Crippen LogP) is 3.15. The Kier molecular flexibility index (Phi) is 8.86. The number of alkyl carbamates (subject to hydrolysis) is 1. The summed E-state index contributed by atoms with van der Waals surface area (Å²) in [5.74, 6) is 1.60. The molecule has 1 heterocycles. The van der Waals surface area contributed by atoms with Crippen LogP contribution in [-0.2, 0) is 9.47 Å². The van der Waals surface area contributed by atoms with E-state index < -0.39 is 5.60 Å². The van der Waals surface area contributed by atoms with Crippen molar-refractivity contribution in [3.8, 4) is 0 Å². The number of amides is 1. The second-order valence-corrected chi connectivity index (χ2v) is 8.88. The zero-order valence-corrected chi connectivity index (χ0v) is 18.4. The number of likely N-dealkylation sites (tertiary alicyclic amines) is 1. The van der Waals surface area contributed by atoms with E-state index in [2.05, 4.69) is 27.4 Å². The fourth-order valence-corrected chi connectivity index (χ4v) is 4.20. The fourth-order valence-electron chi connectivity index (χ4n) is 4.20. The minimum atomic E-state index is -0.476. The van der Waals surface area contributed by atoms with Crippen molar-refractivity contribution in [1.82, 2.24) is 15.5 Å². The molecule has 0 spiro atoms. The number of guanidine groups is 1. The van der Waals surface area contributed by atoms with Crippen molar-refractivity contribution in [3.63, 3.8) is 0 Å². The van der Waals surface area contributed by atoms with E-state index in [1.54, 1.807) is 0 Å². The molecule has 162 valence electrons. The van der Waals surface area contributed by atoms with Crippen LogP contribution >= 0.6 is 0 Å². The van der Waals surface area contributed by atoms with Gasteiger partial charge in [-0.2, -0.15) is 0 Å². The number of aliphatic imine (C=N–C) groups is 1. The molecule has 1 unspecified atom stereocenters. The molecule has 0 radical (unpaired) electrons. The smallest absolute Gasteiger partial charge is 0.407 e. The van der Waals surface area contributed by atoms with Crippen molar-refractivity contribution in [1.29, 1.82) is 0 Å². The van der Waals surface area contributed by atoms with Gasteiger partial charge < -0.3 is 25.0 Å². The fraction of sp³-hybridized carbons (Fsp3) is 0.905. The lowest BCUT2D eigenvalue weighted by Gasteiger charge is -2.26. The summed E-state index contributed by atoms with van der Waals surface area (Å²) in [5.41, 5.74) is -0.476. The number of rotatable bonds is 7. The topological polar surface area (TPSA) is 75.2 Å². The van der Waals surface area contributed by atoms with Gasteiger partial charge in [-0.05, 0) is 59.3 Å². The number of carbonyl (C=O) groups excluding carboxylic acids is 1. The van der Waals surface area contributed by atoms with Gasteiger partial charge in [-0.25, -0.2) is 4.79 Å².